The lowest BCUT2D eigenvalue weighted by Gasteiger charge is -2.33. The molecule has 1 unspecified atom stereocenters. The highest BCUT2D eigenvalue weighted by Crippen LogP contribution is 2.32. The number of hydrogen-bond acceptors (Lipinski definition) is 5. The van der Waals surface area contributed by atoms with Crippen LogP contribution in [-0.2, 0) is 32.6 Å². The molecule has 0 aromatic heterocycles. The molecule has 0 bridgehead atoms. The van der Waals surface area contributed by atoms with Crippen molar-refractivity contribution in [2.75, 3.05) is 25.0 Å². The number of anilines is 1. The van der Waals surface area contributed by atoms with E-state index in [9.17, 15) is 18.0 Å². The minimum atomic E-state index is -4.23. The summed E-state index contributed by atoms with van der Waals surface area (Å²) in [5, 5.41) is 2.85. The van der Waals surface area contributed by atoms with Crippen molar-refractivity contribution >= 4 is 55.1 Å². The Balaban J connectivity index is 1.80. The van der Waals surface area contributed by atoms with Gasteiger partial charge in [-0.25, -0.2) is 8.42 Å². The van der Waals surface area contributed by atoms with E-state index in [0.29, 0.717) is 5.75 Å². The molecule has 0 radical (unpaired) electrons. The lowest BCUT2D eigenvalue weighted by molar-refractivity contribution is -0.139. The first-order valence-corrected chi connectivity index (χ1v) is 16.0. The Kier molecular flexibility index (Phi) is 10.8. The summed E-state index contributed by atoms with van der Waals surface area (Å²) < 4.78 is 35.1. The predicted octanol–water partition coefficient (Wildman–Crippen LogP) is 5.69. The topological polar surface area (TPSA) is 96.0 Å². The van der Waals surface area contributed by atoms with Crippen molar-refractivity contribution in [3.63, 3.8) is 0 Å². The average Bonchev–Trinajstić information content (AvgIpc) is 3.02. The highest BCUT2D eigenvalue weighted by atomic mass is 79.9. The lowest BCUT2D eigenvalue weighted by Crippen LogP contribution is -2.53. The first-order chi connectivity index (χ1) is 20.6. The molecule has 11 heteroatoms. The van der Waals surface area contributed by atoms with Gasteiger partial charge in [0.1, 0.15) is 18.3 Å². The fourth-order valence-electron chi connectivity index (χ4n) is 4.57. The number of sulfonamides is 1. The molecule has 43 heavy (non-hydrogen) atoms. The third kappa shape index (κ3) is 7.95. The van der Waals surface area contributed by atoms with Crippen LogP contribution < -0.4 is 14.4 Å². The zero-order valence-electron chi connectivity index (χ0n) is 23.6. The Hall–Kier alpha value is -3.86. The first kappa shape index (κ1) is 32.1. The van der Waals surface area contributed by atoms with E-state index < -0.39 is 28.5 Å². The molecular formula is C32H31BrClN3O5S. The number of ether oxygens (including phenoxy) is 1. The summed E-state index contributed by atoms with van der Waals surface area (Å²) in [6.45, 7) is -0.516. The number of carbonyl (C=O) groups excluding carboxylic acids is 2. The molecule has 1 N–H and O–H groups in total. The molecule has 1 atom stereocenters. The minimum Gasteiger partial charge on any atom is -0.495 e. The van der Waals surface area contributed by atoms with Gasteiger partial charge in [-0.15, -0.1) is 0 Å². The van der Waals surface area contributed by atoms with E-state index in [4.69, 9.17) is 16.3 Å². The summed E-state index contributed by atoms with van der Waals surface area (Å²) in [6, 6.07) is 28.1. The molecule has 0 spiro atoms. The van der Waals surface area contributed by atoms with E-state index in [2.05, 4.69) is 21.2 Å². The quantitative estimate of drug-likeness (QED) is 0.207. The zero-order valence-corrected chi connectivity index (χ0v) is 26.8. The summed E-state index contributed by atoms with van der Waals surface area (Å²) in [4.78, 5) is 29.1. The minimum absolute atomic E-state index is 0.00124. The van der Waals surface area contributed by atoms with Crippen molar-refractivity contribution in [1.29, 1.82) is 0 Å². The summed E-state index contributed by atoms with van der Waals surface area (Å²) in [6.07, 6.45) is 0.225. The number of carbonyl (C=O) groups is 2. The maximum absolute atomic E-state index is 14.3. The van der Waals surface area contributed by atoms with Crippen molar-refractivity contribution in [3.05, 3.63) is 124 Å². The van der Waals surface area contributed by atoms with Gasteiger partial charge in [0.2, 0.25) is 11.8 Å². The maximum Gasteiger partial charge on any atom is 0.264 e. The number of halogens is 2. The molecule has 4 aromatic carbocycles. The predicted molar refractivity (Wildman–Crippen MR) is 172 cm³/mol. The molecule has 4 aromatic rings. The number of hydrogen-bond donors (Lipinski definition) is 1. The number of nitrogens with zero attached hydrogens (tertiary/aromatic N) is 2. The van der Waals surface area contributed by atoms with Crippen LogP contribution in [0.5, 0.6) is 5.75 Å². The third-order valence-electron chi connectivity index (χ3n) is 6.82. The van der Waals surface area contributed by atoms with Gasteiger partial charge in [-0.1, -0.05) is 88.2 Å². The fourth-order valence-corrected chi connectivity index (χ4v) is 6.51. The largest absolute Gasteiger partial charge is 0.495 e. The van der Waals surface area contributed by atoms with Crippen molar-refractivity contribution in [2.24, 2.45) is 0 Å². The van der Waals surface area contributed by atoms with Crippen LogP contribution in [0, 0.1) is 0 Å². The SMILES string of the molecule is CNC(=O)C(Cc1ccccc1)N(Cc1ccc(Br)cc1)C(=O)CN(c1ccc(OC)c(Cl)c1)S(=O)(=O)c1ccccc1. The lowest BCUT2D eigenvalue weighted by atomic mass is 10.0. The van der Waals surface area contributed by atoms with Crippen molar-refractivity contribution in [1.82, 2.24) is 10.2 Å². The number of amides is 2. The Bertz CT molecular complexity index is 1660. The number of benzene rings is 4. The molecule has 0 aliphatic rings. The number of likely N-dealkylation sites (N-methyl/N-ethyl adjacent to an activating group) is 1. The second-order valence-corrected chi connectivity index (χ2v) is 12.8. The van der Waals surface area contributed by atoms with Crippen LogP contribution in [0.2, 0.25) is 5.02 Å². The van der Waals surface area contributed by atoms with E-state index in [1.807, 2.05) is 54.6 Å². The summed E-state index contributed by atoms with van der Waals surface area (Å²) >= 11 is 9.82. The van der Waals surface area contributed by atoms with Gasteiger partial charge in [0.25, 0.3) is 10.0 Å². The number of rotatable bonds is 12. The van der Waals surface area contributed by atoms with Gasteiger partial charge >= 0.3 is 0 Å². The van der Waals surface area contributed by atoms with Gasteiger partial charge in [-0.05, 0) is 53.6 Å². The average molecular weight is 685 g/mol. The molecular weight excluding hydrogens is 654 g/mol. The van der Waals surface area contributed by atoms with Gasteiger partial charge in [0.15, 0.2) is 0 Å². The molecule has 0 saturated heterocycles. The molecule has 2 amide bonds. The smallest absolute Gasteiger partial charge is 0.264 e. The summed E-state index contributed by atoms with van der Waals surface area (Å²) in [7, 11) is -1.27. The second kappa shape index (κ2) is 14.5. The Labute approximate surface area is 265 Å². The van der Waals surface area contributed by atoms with Crippen LogP contribution in [0.3, 0.4) is 0 Å². The van der Waals surface area contributed by atoms with Crippen LogP contribution in [0.4, 0.5) is 5.69 Å². The maximum atomic E-state index is 14.3. The van der Waals surface area contributed by atoms with Gasteiger partial charge in [0.05, 0.1) is 22.7 Å². The van der Waals surface area contributed by atoms with Crippen molar-refractivity contribution in [2.45, 2.75) is 23.9 Å². The van der Waals surface area contributed by atoms with E-state index in [1.54, 1.807) is 18.2 Å². The molecule has 0 aliphatic carbocycles. The second-order valence-electron chi connectivity index (χ2n) is 9.61. The number of methoxy groups -OCH3 is 1. The van der Waals surface area contributed by atoms with E-state index in [0.717, 1.165) is 19.9 Å². The van der Waals surface area contributed by atoms with Crippen LogP contribution >= 0.6 is 27.5 Å². The van der Waals surface area contributed by atoms with Crippen LogP contribution in [-0.4, -0.2) is 51.9 Å². The molecule has 0 aliphatic heterocycles. The van der Waals surface area contributed by atoms with Gasteiger partial charge < -0.3 is 15.0 Å². The molecule has 224 valence electrons. The molecule has 0 saturated carbocycles. The standard InChI is InChI=1S/C32H31BrClN3O5S/c1-35-32(39)29(19-23-9-5-3-6-10-23)36(21-24-13-15-25(33)16-14-24)31(38)22-37(26-17-18-30(42-2)28(34)20-26)43(40,41)27-11-7-4-8-12-27/h3-18,20,29H,19,21-22H2,1-2H3,(H,35,39). The fraction of sp³-hybridized carbons (Fsp3) is 0.188. The molecule has 4 rings (SSSR count). The van der Waals surface area contributed by atoms with Gasteiger partial charge in [-0.3, -0.25) is 13.9 Å². The molecule has 0 heterocycles. The van der Waals surface area contributed by atoms with Crippen LogP contribution in [0.25, 0.3) is 0 Å². The van der Waals surface area contributed by atoms with Gasteiger partial charge in [0, 0.05) is 24.5 Å². The van der Waals surface area contributed by atoms with Crippen molar-refractivity contribution < 1.29 is 22.7 Å². The van der Waals surface area contributed by atoms with Crippen molar-refractivity contribution in [3.8, 4) is 5.75 Å². The van der Waals surface area contributed by atoms with Crippen LogP contribution in [0.15, 0.2) is 112 Å². The molecule has 0 fully saturated rings. The summed E-state index contributed by atoms with van der Waals surface area (Å²) in [5.41, 5.74) is 1.79. The normalized spacial score (nSPS) is 11.8. The summed E-state index contributed by atoms with van der Waals surface area (Å²) in [5.74, 6) is -0.591. The van der Waals surface area contributed by atoms with Crippen LogP contribution in [0.1, 0.15) is 11.1 Å². The highest BCUT2D eigenvalue weighted by molar-refractivity contribution is 9.10. The zero-order chi connectivity index (χ0) is 31.0. The first-order valence-electron chi connectivity index (χ1n) is 13.3. The Morgan fingerprint density at radius 2 is 1.53 bits per heavy atom. The molecule has 8 nitrogen and oxygen atoms in total. The van der Waals surface area contributed by atoms with E-state index in [-0.39, 0.29) is 34.5 Å². The monoisotopic (exact) mass is 683 g/mol. The van der Waals surface area contributed by atoms with E-state index >= 15 is 0 Å². The Morgan fingerprint density at radius 3 is 2.12 bits per heavy atom. The van der Waals surface area contributed by atoms with E-state index in [1.165, 1.54) is 49.4 Å². The van der Waals surface area contributed by atoms with Gasteiger partial charge in [-0.2, -0.15) is 0 Å². The third-order valence-corrected chi connectivity index (χ3v) is 9.43. The number of nitrogens with one attached hydrogen (secondary N) is 1. The Morgan fingerprint density at radius 1 is 0.907 bits per heavy atom. The highest BCUT2D eigenvalue weighted by Gasteiger charge is 2.34.